The lowest BCUT2D eigenvalue weighted by Crippen LogP contribution is -2.44. The highest BCUT2D eigenvalue weighted by Crippen LogP contribution is 2.44. The van der Waals surface area contributed by atoms with Gasteiger partial charge in [-0.1, -0.05) is 48.5 Å². The Bertz CT molecular complexity index is 1180. The topological polar surface area (TPSA) is 123 Å². The van der Waals surface area contributed by atoms with E-state index in [0.717, 1.165) is 22.3 Å². The van der Waals surface area contributed by atoms with Crippen molar-refractivity contribution in [3.8, 4) is 11.1 Å². The number of thioether (sulfide) groups is 1. The molecular weight excluding hydrogens is 468 g/mol. The molecule has 2 amide bonds. The number of alkyl carbamates (subject to hydrolysis) is 1. The molecule has 0 saturated carbocycles. The molecular formula is C25H26N4O5S. The second-order valence-electron chi connectivity index (χ2n) is 8.11. The maximum Gasteiger partial charge on any atom is 0.407 e. The number of carboxylic acids is 1. The van der Waals surface area contributed by atoms with Crippen LogP contribution in [0.5, 0.6) is 0 Å². The summed E-state index contributed by atoms with van der Waals surface area (Å²) < 4.78 is 6.78. The lowest BCUT2D eigenvalue weighted by atomic mass is 9.98. The largest absolute Gasteiger partial charge is 0.480 e. The van der Waals surface area contributed by atoms with Crippen LogP contribution in [-0.4, -0.2) is 57.5 Å². The third-order valence-electron chi connectivity index (χ3n) is 5.76. The molecule has 3 N–H and O–H groups in total. The number of anilines is 1. The Morgan fingerprint density at radius 1 is 1.11 bits per heavy atom. The molecule has 1 aliphatic carbocycles. The highest BCUT2D eigenvalue weighted by atomic mass is 32.2. The fraction of sp³-hybridized carbons (Fsp3) is 0.280. The molecule has 1 unspecified atom stereocenters. The number of hydrogen-bond acceptors (Lipinski definition) is 6. The first-order valence-corrected chi connectivity index (χ1v) is 12.5. The molecule has 4 rings (SSSR count). The number of nitrogens with zero attached hydrogens (tertiary/aromatic N) is 2. The molecule has 0 bridgehead atoms. The van der Waals surface area contributed by atoms with Gasteiger partial charge >= 0.3 is 12.1 Å². The first-order chi connectivity index (χ1) is 17.0. The summed E-state index contributed by atoms with van der Waals surface area (Å²) in [5, 5.41) is 18.1. The SMILES string of the molecule is CSCCC(NC(=O)OCC1c2ccccc2-c2ccccc21)C(=O)Nc1cnn(CC(=O)O)c1. The predicted molar refractivity (Wildman–Crippen MR) is 133 cm³/mol. The van der Waals surface area contributed by atoms with E-state index in [1.807, 2.05) is 42.7 Å². The molecule has 0 radical (unpaired) electrons. The fourth-order valence-electron chi connectivity index (χ4n) is 4.17. The van der Waals surface area contributed by atoms with Gasteiger partial charge in [0.05, 0.1) is 11.9 Å². The standard InChI is InChI=1S/C25H26N4O5S/c1-35-11-10-22(24(32)27-16-12-26-29(13-16)14-23(30)31)28-25(33)34-15-21-19-8-4-2-6-17(19)18-7-3-5-9-20(18)21/h2-9,12-13,21-22H,10-11,14-15H2,1H3,(H,27,32)(H,28,33)(H,30,31). The number of amides is 2. The minimum absolute atomic E-state index is 0.0771. The summed E-state index contributed by atoms with van der Waals surface area (Å²) >= 11 is 1.56. The Kier molecular flexibility index (Phi) is 7.71. The number of benzene rings is 2. The Morgan fingerprint density at radius 3 is 2.40 bits per heavy atom. The number of hydrogen-bond donors (Lipinski definition) is 3. The van der Waals surface area contributed by atoms with Gasteiger partial charge in [0.25, 0.3) is 0 Å². The first-order valence-electron chi connectivity index (χ1n) is 11.1. The third-order valence-corrected chi connectivity index (χ3v) is 6.40. The van der Waals surface area contributed by atoms with Gasteiger partial charge in [0.1, 0.15) is 19.2 Å². The summed E-state index contributed by atoms with van der Waals surface area (Å²) in [6.07, 6.45) is 4.43. The average molecular weight is 495 g/mol. The summed E-state index contributed by atoms with van der Waals surface area (Å²) in [5.74, 6) is -0.894. The fourth-order valence-corrected chi connectivity index (χ4v) is 4.64. The van der Waals surface area contributed by atoms with Gasteiger partial charge in [-0.05, 0) is 40.7 Å². The lowest BCUT2D eigenvalue weighted by molar-refractivity contribution is -0.137. The Hall–Kier alpha value is -3.79. The molecule has 10 heteroatoms. The minimum Gasteiger partial charge on any atom is -0.480 e. The molecule has 0 fully saturated rings. The number of rotatable bonds is 10. The predicted octanol–water partition coefficient (Wildman–Crippen LogP) is 3.57. The molecule has 2 aromatic carbocycles. The molecule has 1 aliphatic rings. The third kappa shape index (κ3) is 5.83. The van der Waals surface area contributed by atoms with E-state index < -0.39 is 24.0 Å². The average Bonchev–Trinajstić information content (AvgIpc) is 3.41. The van der Waals surface area contributed by atoms with Crippen LogP contribution in [0.15, 0.2) is 60.9 Å². The van der Waals surface area contributed by atoms with Gasteiger partial charge in [-0.15, -0.1) is 0 Å². The molecule has 1 heterocycles. The van der Waals surface area contributed by atoms with Crippen LogP contribution in [0.4, 0.5) is 10.5 Å². The van der Waals surface area contributed by atoms with Gasteiger partial charge in [-0.25, -0.2) is 4.79 Å². The van der Waals surface area contributed by atoms with Crippen molar-refractivity contribution in [2.45, 2.75) is 24.9 Å². The van der Waals surface area contributed by atoms with Crippen LogP contribution >= 0.6 is 11.8 Å². The van der Waals surface area contributed by atoms with Crippen LogP contribution in [0.3, 0.4) is 0 Å². The van der Waals surface area contributed by atoms with E-state index in [0.29, 0.717) is 17.9 Å². The summed E-state index contributed by atoms with van der Waals surface area (Å²) in [4.78, 5) is 36.3. The maximum atomic E-state index is 12.8. The highest BCUT2D eigenvalue weighted by molar-refractivity contribution is 7.98. The molecule has 0 saturated heterocycles. The molecule has 1 atom stereocenters. The first kappa shape index (κ1) is 24.3. The Morgan fingerprint density at radius 2 is 1.77 bits per heavy atom. The molecule has 182 valence electrons. The van der Waals surface area contributed by atoms with Gasteiger partial charge in [0.2, 0.25) is 5.91 Å². The van der Waals surface area contributed by atoms with Crippen molar-refractivity contribution < 1.29 is 24.2 Å². The van der Waals surface area contributed by atoms with E-state index in [1.54, 1.807) is 11.8 Å². The zero-order chi connectivity index (χ0) is 24.8. The molecule has 0 aliphatic heterocycles. The van der Waals surface area contributed by atoms with Gasteiger partial charge in [0, 0.05) is 12.1 Å². The van der Waals surface area contributed by atoms with Crippen molar-refractivity contribution in [2.24, 2.45) is 0 Å². The number of fused-ring (bicyclic) bond motifs is 3. The van der Waals surface area contributed by atoms with E-state index in [-0.39, 0.29) is 19.1 Å². The van der Waals surface area contributed by atoms with Crippen molar-refractivity contribution in [1.82, 2.24) is 15.1 Å². The number of carbonyl (C=O) groups is 3. The van der Waals surface area contributed by atoms with Crippen molar-refractivity contribution >= 4 is 35.4 Å². The van der Waals surface area contributed by atoms with Gasteiger partial charge < -0.3 is 20.5 Å². The molecule has 0 spiro atoms. The van der Waals surface area contributed by atoms with E-state index in [2.05, 4.69) is 27.9 Å². The number of carboxylic acid groups (broad SMARTS) is 1. The Balaban J connectivity index is 1.38. The quantitative estimate of drug-likeness (QED) is 0.394. The number of ether oxygens (including phenoxy) is 1. The van der Waals surface area contributed by atoms with Gasteiger partial charge in [-0.2, -0.15) is 16.9 Å². The summed E-state index contributed by atoms with van der Waals surface area (Å²) in [5.41, 5.74) is 4.84. The number of nitrogens with one attached hydrogen (secondary N) is 2. The van der Waals surface area contributed by atoms with Crippen molar-refractivity contribution in [1.29, 1.82) is 0 Å². The smallest absolute Gasteiger partial charge is 0.407 e. The minimum atomic E-state index is -1.04. The maximum absolute atomic E-state index is 12.8. The van der Waals surface area contributed by atoms with Crippen LogP contribution < -0.4 is 10.6 Å². The van der Waals surface area contributed by atoms with Crippen LogP contribution in [0.2, 0.25) is 0 Å². The van der Waals surface area contributed by atoms with E-state index in [9.17, 15) is 14.4 Å². The highest BCUT2D eigenvalue weighted by Gasteiger charge is 2.29. The number of aliphatic carboxylic acids is 1. The monoisotopic (exact) mass is 494 g/mol. The van der Waals surface area contributed by atoms with Crippen LogP contribution in [-0.2, 0) is 20.9 Å². The summed E-state index contributed by atoms with van der Waals surface area (Å²) in [6.45, 7) is -0.164. The second kappa shape index (κ2) is 11.1. The van der Waals surface area contributed by atoms with Gasteiger partial charge in [-0.3, -0.25) is 14.3 Å². The molecule has 3 aromatic rings. The van der Waals surface area contributed by atoms with E-state index in [4.69, 9.17) is 9.84 Å². The zero-order valence-corrected chi connectivity index (χ0v) is 20.0. The summed E-state index contributed by atoms with van der Waals surface area (Å²) in [7, 11) is 0. The lowest BCUT2D eigenvalue weighted by Gasteiger charge is -2.19. The Labute approximate surface area is 206 Å². The van der Waals surface area contributed by atoms with E-state index >= 15 is 0 Å². The summed E-state index contributed by atoms with van der Waals surface area (Å²) in [6, 6.07) is 15.3. The van der Waals surface area contributed by atoms with Crippen LogP contribution in [0.1, 0.15) is 23.5 Å². The number of aromatic nitrogens is 2. The van der Waals surface area contributed by atoms with Crippen molar-refractivity contribution in [2.75, 3.05) is 23.9 Å². The molecule has 9 nitrogen and oxygen atoms in total. The molecule has 1 aromatic heterocycles. The van der Waals surface area contributed by atoms with Crippen LogP contribution in [0.25, 0.3) is 11.1 Å². The van der Waals surface area contributed by atoms with E-state index in [1.165, 1.54) is 17.1 Å². The molecule has 35 heavy (non-hydrogen) atoms. The normalized spacial score (nSPS) is 12.9. The van der Waals surface area contributed by atoms with Gasteiger partial charge in [0.15, 0.2) is 0 Å². The number of carbonyl (C=O) groups excluding carboxylic acids is 2. The van der Waals surface area contributed by atoms with Crippen molar-refractivity contribution in [3.05, 3.63) is 72.1 Å². The van der Waals surface area contributed by atoms with Crippen molar-refractivity contribution in [3.63, 3.8) is 0 Å². The zero-order valence-electron chi connectivity index (χ0n) is 19.1. The van der Waals surface area contributed by atoms with Crippen LogP contribution in [0, 0.1) is 0 Å². The second-order valence-corrected chi connectivity index (χ2v) is 9.10.